The first-order valence-corrected chi connectivity index (χ1v) is 9.77. The van der Waals surface area contributed by atoms with E-state index in [0.29, 0.717) is 16.6 Å². The van der Waals surface area contributed by atoms with Gasteiger partial charge in [-0.2, -0.15) is 5.10 Å². The van der Waals surface area contributed by atoms with E-state index in [2.05, 4.69) is 15.7 Å². The van der Waals surface area contributed by atoms with E-state index in [1.54, 1.807) is 42.1 Å². The van der Waals surface area contributed by atoms with Gasteiger partial charge in [-0.1, -0.05) is 29.8 Å². The van der Waals surface area contributed by atoms with Gasteiger partial charge in [0.1, 0.15) is 11.6 Å². The number of methoxy groups -OCH3 is 1. The van der Waals surface area contributed by atoms with Crippen LogP contribution in [0.1, 0.15) is 30.6 Å². The maximum atomic E-state index is 12.8. The molecule has 8 heteroatoms. The van der Waals surface area contributed by atoms with Gasteiger partial charge in [0.25, 0.3) is 0 Å². The van der Waals surface area contributed by atoms with E-state index in [-0.39, 0.29) is 18.2 Å². The van der Waals surface area contributed by atoms with Crippen LogP contribution in [0.3, 0.4) is 0 Å². The smallest absolute Gasteiger partial charge is 0.227 e. The molecule has 7 nitrogen and oxygen atoms in total. The first-order chi connectivity index (χ1) is 14.4. The van der Waals surface area contributed by atoms with Crippen LogP contribution in [0.15, 0.2) is 54.6 Å². The number of nitrogens with one attached hydrogen (secondary N) is 2. The van der Waals surface area contributed by atoms with Gasteiger partial charge in [0.05, 0.1) is 31.0 Å². The lowest BCUT2D eigenvalue weighted by molar-refractivity contribution is -0.120. The standard InChI is InChI=1S/C22H23ClN4O3/c1-14-11-21(27(26-14)18-6-4-5-17(23)12-18)25-22(29)13-20(24-15(2)28)16-7-9-19(30-3)10-8-16/h4-12,20H,13H2,1-3H3,(H,24,28)(H,25,29). The molecule has 0 saturated heterocycles. The van der Waals surface area contributed by atoms with Crippen LogP contribution in [0.5, 0.6) is 5.75 Å². The second-order valence-corrected chi connectivity index (χ2v) is 7.28. The van der Waals surface area contributed by atoms with Crippen molar-refractivity contribution in [3.05, 3.63) is 70.9 Å². The van der Waals surface area contributed by atoms with Crippen molar-refractivity contribution in [3.63, 3.8) is 0 Å². The summed E-state index contributed by atoms with van der Waals surface area (Å²) in [6.07, 6.45) is 0.0612. The SMILES string of the molecule is COc1ccc(C(CC(=O)Nc2cc(C)nn2-c2cccc(Cl)c2)NC(C)=O)cc1. The maximum absolute atomic E-state index is 12.8. The van der Waals surface area contributed by atoms with Crippen LogP contribution in [0.4, 0.5) is 5.82 Å². The van der Waals surface area contributed by atoms with Crippen LogP contribution in [-0.4, -0.2) is 28.7 Å². The van der Waals surface area contributed by atoms with Crippen molar-refractivity contribution in [1.29, 1.82) is 0 Å². The van der Waals surface area contributed by atoms with Crippen LogP contribution < -0.4 is 15.4 Å². The fourth-order valence-corrected chi connectivity index (χ4v) is 3.29. The molecule has 156 valence electrons. The van der Waals surface area contributed by atoms with Gasteiger partial charge < -0.3 is 15.4 Å². The summed E-state index contributed by atoms with van der Waals surface area (Å²) in [6.45, 7) is 3.26. The third-order valence-corrected chi connectivity index (χ3v) is 4.67. The molecule has 3 aromatic rings. The highest BCUT2D eigenvalue weighted by atomic mass is 35.5. The minimum absolute atomic E-state index is 0.0612. The number of halogens is 1. The van der Waals surface area contributed by atoms with Crippen LogP contribution in [0, 0.1) is 6.92 Å². The van der Waals surface area contributed by atoms with Gasteiger partial charge in [0, 0.05) is 18.0 Å². The van der Waals surface area contributed by atoms with Crippen molar-refractivity contribution in [1.82, 2.24) is 15.1 Å². The molecular formula is C22H23ClN4O3. The predicted octanol–water partition coefficient (Wildman–Crippen LogP) is 4.05. The third-order valence-electron chi connectivity index (χ3n) is 4.44. The van der Waals surface area contributed by atoms with Gasteiger partial charge in [0.15, 0.2) is 0 Å². The molecule has 0 saturated carbocycles. The molecule has 30 heavy (non-hydrogen) atoms. The average Bonchev–Trinajstić information content (AvgIpc) is 3.07. The number of aryl methyl sites for hydroxylation is 1. The van der Waals surface area contributed by atoms with Gasteiger partial charge in [-0.25, -0.2) is 4.68 Å². The lowest BCUT2D eigenvalue weighted by Crippen LogP contribution is -2.30. The Morgan fingerprint density at radius 2 is 1.90 bits per heavy atom. The lowest BCUT2D eigenvalue weighted by Gasteiger charge is -2.18. The minimum Gasteiger partial charge on any atom is -0.497 e. The number of rotatable bonds is 7. The molecule has 1 unspecified atom stereocenters. The van der Waals surface area contributed by atoms with Crippen molar-refractivity contribution < 1.29 is 14.3 Å². The van der Waals surface area contributed by atoms with Crippen molar-refractivity contribution in [2.45, 2.75) is 26.3 Å². The van der Waals surface area contributed by atoms with Crippen molar-refractivity contribution in [2.24, 2.45) is 0 Å². The lowest BCUT2D eigenvalue weighted by atomic mass is 10.0. The molecule has 0 aliphatic rings. The normalized spacial score (nSPS) is 11.6. The first kappa shape index (κ1) is 21.4. The molecule has 1 aromatic heterocycles. The Hall–Kier alpha value is -3.32. The Balaban J connectivity index is 1.79. The van der Waals surface area contributed by atoms with Gasteiger partial charge >= 0.3 is 0 Å². The molecule has 2 N–H and O–H groups in total. The molecule has 2 aromatic carbocycles. The van der Waals surface area contributed by atoms with E-state index in [0.717, 1.165) is 16.9 Å². The molecule has 1 atom stereocenters. The fraction of sp³-hybridized carbons (Fsp3) is 0.227. The van der Waals surface area contributed by atoms with Crippen molar-refractivity contribution in [2.75, 3.05) is 12.4 Å². The highest BCUT2D eigenvalue weighted by molar-refractivity contribution is 6.30. The molecule has 1 heterocycles. The third kappa shape index (κ3) is 5.39. The van der Waals surface area contributed by atoms with E-state index in [1.807, 2.05) is 31.2 Å². The van der Waals surface area contributed by atoms with Crippen LogP contribution in [0.2, 0.25) is 5.02 Å². The number of anilines is 1. The number of hydrogen-bond acceptors (Lipinski definition) is 4. The predicted molar refractivity (Wildman–Crippen MR) is 116 cm³/mol. The monoisotopic (exact) mass is 426 g/mol. The average molecular weight is 427 g/mol. The summed E-state index contributed by atoms with van der Waals surface area (Å²) in [4.78, 5) is 24.5. The zero-order chi connectivity index (χ0) is 21.7. The quantitative estimate of drug-likeness (QED) is 0.596. The summed E-state index contributed by atoms with van der Waals surface area (Å²) in [6, 6.07) is 15.7. The topological polar surface area (TPSA) is 85.2 Å². The summed E-state index contributed by atoms with van der Waals surface area (Å²) < 4.78 is 6.80. The van der Waals surface area contributed by atoms with Gasteiger partial charge in [-0.05, 0) is 42.8 Å². The number of hydrogen-bond donors (Lipinski definition) is 2. The molecule has 0 radical (unpaired) electrons. The summed E-state index contributed by atoms with van der Waals surface area (Å²) in [5.41, 5.74) is 2.29. The summed E-state index contributed by atoms with van der Waals surface area (Å²) in [7, 11) is 1.58. The van der Waals surface area contributed by atoms with Crippen molar-refractivity contribution in [3.8, 4) is 11.4 Å². The second kappa shape index (κ2) is 9.45. The molecule has 0 spiro atoms. The Morgan fingerprint density at radius 3 is 2.53 bits per heavy atom. The number of benzene rings is 2. The van der Waals surface area contributed by atoms with Crippen molar-refractivity contribution >= 4 is 29.2 Å². The van der Waals surface area contributed by atoms with Gasteiger partial charge in [-0.3, -0.25) is 9.59 Å². The molecule has 2 amide bonds. The van der Waals surface area contributed by atoms with E-state index >= 15 is 0 Å². The second-order valence-electron chi connectivity index (χ2n) is 6.84. The summed E-state index contributed by atoms with van der Waals surface area (Å²) in [5, 5.41) is 10.7. The molecule has 0 fully saturated rings. The Morgan fingerprint density at radius 1 is 1.17 bits per heavy atom. The molecule has 0 bridgehead atoms. The van der Waals surface area contributed by atoms with E-state index in [4.69, 9.17) is 16.3 Å². The summed E-state index contributed by atoms with van der Waals surface area (Å²) in [5.74, 6) is 0.748. The van der Waals surface area contributed by atoms with Crippen LogP contribution in [-0.2, 0) is 9.59 Å². The van der Waals surface area contributed by atoms with E-state index in [9.17, 15) is 9.59 Å². The molecule has 3 rings (SSSR count). The Bertz CT molecular complexity index is 1050. The molecule has 0 aliphatic heterocycles. The highest BCUT2D eigenvalue weighted by Crippen LogP contribution is 2.23. The highest BCUT2D eigenvalue weighted by Gasteiger charge is 2.19. The largest absolute Gasteiger partial charge is 0.497 e. The van der Waals surface area contributed by atoms with Crippen LogP contribution >= 0.6 is 11.6 Å². The Labute approximate surface area is 180 Å². The zero-order valence-corrected chi connectivity index (χ0v) is 17.7. The number of nitrogens with zero attached hydrogens (tertiary/aromatic N) is 2. The maximum Gasteiger partial charge on any atom is 0.227 e. The van der Waals surface area contributed by atoms with E-state index < -0.39 is 6.04 Å². The Kier molecular flexibility index (Phi) is 6.74. The fourth-order valence-electron chi connectivity index (χ4n) is 3.11. The van der Waals surface area contributed by atoms with Crippen LogP contribution in [0.25, 0.3) is 5.69 Å². The molecular weight excluding hydrogens is 404 g/mol. The van der Waals surface area contributed by atoms with Gasteiger partial charge in [0.2, 0.25) is 11.8 Å². The van der Waals surface area contributed by atoms with E-state index in [1.165, 1.54) is 6.92 Å². The number of amides is 2. The molecule has 0 aliphatic carbocycles. The number of carbonyl (C=O) groups is 2. The number of aromatic nitrogens is 2. The zero-order valence-electron chi connectivity index (χ0n) is 17.0. The van der Waals surface area contributed by atoms with Gasteiger partial charge in [-0.15, -0.1) is 0 Å². The number of ether oxygens (including phenoxy) is 1. The first-order valence-electron chi connectivity index (χ1n) is 9.39. The summed E-state index contributed by atoms with van der Waals surface area (Å²) >= 11 is 6.09. The minimum atomic E-state index is -0.475. The number of carbonyl (C=O) groups excluding carboxylic acids is 2.